The first-order valence-corrected chi connectivity index (χ1v) is 10.3. The number of aromatic amines is 1. The fourth-order valence-electron chi connectivity index (χ4n) is 4.28. The van der Waals surface area contributed by atoms with E-state index in [0.29, 0.717) is 41.1 Å². The van der Waals surface area contributed by atoms with Crippen molar-refractivity contribution in [2.45, 2.75) is 19.4 Å². The van der Waals surface area contributed by atoms with E-state index in [-0.39, 0.29) is 11.8 Å². The number of H-pyrrole nitrogens is 1. The van der Waals surface area contributed by atoms with Crippen molar-refractivity contribution >= 4 is 11.4 Å². The minimum Gasteiger partial charge on any atom is -0.412 e. The summed E-state index contributed by atoms with van der Waals surface area (Å²) in [5.74, 6) is -0.880. The van der Waals surface area contributed by atoms with Crippen molar-refractivity contribution in [2.75, 3.05) is 6.54 Å². The van der Waals surface area contributed by atoms with Crippen LogP contribution in [0.4, 0.5) is 4.39 Å². The van der Waals surface area contributed by atoms with E-state index in [1.807, 2.05) is 6.92 Å². The molecular formula is C21H18FN9O2. The summed E-state index contributed by atoms with van der Waals surface area (Å²) in [7, 11) is 1.79. The summed E-state index contributed by atoms with van der Waals surface area (Å²) in [4.78, 5) is 22.6. The van der Waals surface area contributed by atoms with E-state index in [4.69, 9.17) is 4.42 Å². The molecule has 166 valence electrons. The maximum Gasteiger partial charge on any atom is 0.312 e. The Bertz CT molecular complexity index is 1510. The predicted molar refractivity (Wildman–Crippen MR) is 112 cm³/mol. The third-order valence-corrected chi connectivity index (χ3v) is 5.78. The van der Waals surface area contributed by atoms with E-state index >= 15 is 0 Å². The molecule has 5 aromatic heterocycles. The van der Waals surface area contributed by atoms with Gasteiger partial charge in [-0.05, 0) is 25.1 Å². The molecule has 1 N–H and O–H groups in total. The van der Waals surface area contributed by atoms with Crippen LogP contribution in [0.5, 0.6) is 0 Å². The Morgan fingerprint density at radius 1 is 1.27 bits per heavy atom. The Balaban J connectivity index is 1.41. The average molecular weight is 447 g/mol. The van der Waals surface area contributed by atoms with Crippen LogP contribution in [0.1, 0.15) is 39.5 Å². The largest absolute Gasteiger partial charge is 0.412 e. The number of amides is 1. The Kier molecular flexibility index (Phi) is 4.15. The number of fused-ring (bicyclic) bond motifs is 2. The van der Waals surface area contributed by atoms with E-state index in [9.17, 15) is 9.18 Å². The lowest BCUT2D eigenvalue weighted by atomic mass is 9.99. The molecular weight excluding hydrogens is 429 g/mol. The monoisotopic (exact) mass is 447 g/mol. The molecule has 11 nitrogen and oxygen atoms in total. The van der Waals surface area contributed by atoms with Gasteiger partial charge in [-0.25, -0.2) is 9.50 Å². The smallest absolute Gasteiger partial charge is 0.312 e. The zero-order valence-corrected chi connectivity index (χ0v) is 17.7. The molecule has 1 unspecified atom stereocenters. The van der Waals surface area contributed by atoms with Gasteiger partial charge in [0, 0.05) is 31.9 Å². The summed E-state index contributed by atoms with van der Waals surface area (Å²) in [5.41, 5.74) is 3.99. The van der Waals surface area contributed by atoms with E-state index in [2.05, 4.69) is 30.4 Å². The number of nitrogens with one attached hydrogen (secondary N) is 1. The van der Waals surface area contributed by atoms with Gasteiger partial charge in [0.15, 0.2) is 0 Å². The number of aryl methyl sites for hydroxylation is 2. The second kappa shape index (κ2) is 7.08. The van der Waals surface area contributed by atoms with Gasteiger partial charge >= 0.3 is 11.8 Å². The summed E-state index contributed by atoms with van der Waals surface area (Å²) in [5, 5.41) is 16.7. The highest BCUT2D eigenvalue weighted by molar-refractivity contribution is 5.90. The van der Waals surface area contributed by atoms with Gasteiger partial charge in [0.2, 0.25) is 5.95 Å². The molecule has 1 amide bonds. The van der Waals surface area contributed by atoms with E-state index in [1.54, 1.807) is 47.4 Å². The first-order valence-electron chi connectivity index (χ1n) is 10.3. The van der Waals surface area contributed by atoms with Crippen molar-refractivity contribution in [3.8, 4) is 11.5 Å². The van der Waals surface area contributed by atoms with Crippen LogP contribution in [-0.4, -0.2) is 56.9 Å². The Morgan fingerprint density at radius 3 is 2.94 bits per heavy atom. The molecule has 33 heavy (non-hydrogen) atoms. The van der Waals surface area contributed by atoms with Crippen LogP contribution < -0.4 is 0 Å². The molecule has 5 aromatic rings. The Morgan fingerprint density at radius 2 is 2.15 bits per heavy atom. The molecule has 0 spiro atoms. The van der Waals surface area contributed by atoms with Gasteiger partial charge in [-0.3, -0.25) is 9.48 Å². The molecule has 1 aliphatic heterocycles. The average Bonchev–Trinajstić information content (AvgIpc) is 3.58. The third kappa shape index (κ3) is 3.02. The highest BCUT2D eigenvalue weighted by Crippen LogP contribution is 2.34. The maximum absolute atomic E-state index is 14.3. The fourth-order valence-corrected chi connectivity index (χ4v) is 4.28. The van der Waals surface area contributed by atoms with Crippen molar-refractivity contribution in [3.05, 3.63) is 71.4 Å². The van der Waals surface area contributed by atoms with Crippen LogP contribution in [0.3, 0.4) is 0 Å². The van der Waals surface area contributed by atoms with Crippen LogP contribution in [0, 0.1) is 12.9 Å². The third-order valence-electron chi connectivity index (χ3n) is 5.78. The summed E-state index contributed by atoms with van der Waals surface area (Å²) < 4.78 is 22.9. The number of imidazole rings is 1. The summed E-state index contributed by atoms with van der Waals surface area (Å²) in [6.07, 6.45) is 3.90. The second-order valence-electron chi connectivity index (χ2n) is 7.89. The number of carbonyl (C=O) groups is 1. The number of hydrogen-bond acceptors (Lipinski definition) is 7. The van der Waals surface area contributed by atoms with Crippen LogP contribution in [0.25, 0.3) is 17.0 Å². The molecule has 0 aromatic carbocycles. The Hall–Kier alpha value is -4.35. The molecule has 0 fully saturated rings. The number of pyridine rings is 1. The van der Waals surface area contributed by atoms with Crippen LogP contribution in [0.2, 0.25) is 0 Å². The molecule has 12 heteroatoms. The molecule has 0 bridgehead atoms. The lowest BCUT2D eigenvalue weighted by Gasteiger charge is -2.32. The van der Waals surface area contributed by atoms with Crippen LogP contribution in [0.15, 0.2) is 41.2 Å². The normalized spacial score (nSPS) is 15.8. The van der Waals surface area contributed by atoms with Crippen molar-refractivity contribution in [1.82, 2.24) is 44.5 Å². The Labute approximate surface area is 185 Å². The van der Waals surface area contributed by atoms with Gasteiger partial charge in [0.25, 0.3) is 5.89 Å². The molecule has 6 heterocycles. The van der Waals surface area contributed by atoms with Gasteiger partial charge in [0.1, 0.15) is 6.04 Å². The van der Waals surface area contributed by atoms with Crippen molar-refractivity contribution in [1.29, 1.82) is 0 Å². The first kappa shape index (κ1) is 19.3. The number of aromatic nitrogens is 8. The van der Waals surface area contributed by atoms with Gasteiger partial charge < -0.3 is 14.3 Å². The second-order valence-corrected chi connectivity index (χ2v) is 7.89. The summed E-state index contributed by atoms with van der Waals surface area (Å²) in [6, 6.07) is 5.80. The summed E-state index contributed by atoms with van der Waals surface area (Å²) in [6.45, 7) is 2.20. The van der Waals surface area contributed by atoms with E-state index in [0.717, 1.165) is 5.69 Å². The van der Waals surface area contributed by atoms with Gasteiger partial charge in [0.05, 0.1) is 34.5 Å². The van der Waals surface area contributed by atoms with Crippen molar-refractivity contribution in [2.24, 2.45) is 7.05 Å². The number of nitrogens with zero attached hydrogens (tertiary/aromatic N) is 8. The van der Waals surface area contributed by atoms with E-state index < -0.39 is 17.9 Å². The van der Waals surface area contributed by atoms with Crippen molar-refractivity contribution < 1.29 is 13.6 Å². The van der Waals surface area contributed by atoms with Gasteiger partial charge in [-0.2, -0.15) is 14.6 Å². The predicted octanol–water partition coefficient (Wildman–Crippen LogP) is 2.08. The molecule has 1 aliphatic rings. The fraction of sp³-hybridized carbons (Fsp3) is 0.238. The zero-order valence-electron chi connectivity index (χ0n) is 17.7. The van der Waals surface area contributed by atoms with Crippen molar-refractivity contribution in [3.63, 3.8) is 0 Å². The summed E-state index contributed by atoms with van der Waals surface area (Å²) >= 11 is 0. The highest BCUT2D eigenvalue weighted by Gasteiger charge is 2.38. The molecule has 0 saturated carbocycles. The first-order chi connectivity index (χ1) is 16.0. The minimum atomic E-state index is -0.637. The number of halogens is 1. The lowest BCUT2D eigenvalue weighted by molar-refractivity contribution is 0.0646. The molecule has 0 radical (unpaired) electrons. The van der Waals surface area contributed by atoms with Gasteiger partial charge in [-0.1, -0.05) is 6.07 Å². The number of carbonyl (C=O) groups excluding carboxylic acids is 1. The SMILES string of the molecule is Cc1nn(C)cc1-c1nnc(C(=O)N2CCc3[nH]cnc3C2c2cc3cccc(F)n3n2)o1. The number of rotatable bonds is 3. The standard InChI is InChI=1S/C21H18FN9O2/c1-11-13(9-29(2)27-11)19-25-26-20(33-19)21(32)30-7-6-14-17(24-10-23-14)18(30)15-8-12-4-3-5-16(22)31(12)28-15/h3-5,8-10,18H,6-7H2,1-2H3,(H,23,24). The minimum absolute atomic E-state index is 0.146. The molecule has 0 aliphatic carbocycles. The molecule has 6 rings (SSSR count). The molecule has 1 atom stereocenters. The highest BCUT2D eigenvalue weighted by atomic mass is 19.1. The van der Waals surface area contributed by atoms with Gasteiger partial charge in [-0.15, -0.1) is 10.2 Å². The topological polar surface area (TPSA) is 123 Å². The van der Waals surface area contributed by atoms with Crippen LogP contribution >= 0.6 is 0 Å². The van der Waals surface area contributed by atoms with E-state index in [1.165, 1.54) is 10.6 Å². The zero-order chi connectivity index (χ0) is 22.7. The quantitative estimate of drug-likeness (QED) is 0.420. The maximum atomic E-state index is 14.3. The van der Waals surface area contributed by atoms with Crippen LogP contribution in [-0.2, 0) is 13.5 Å². The number of hydrogen-bond donors (Lipinski definition) is 1. The lowest BCUT2D eigenvalue weighted by Crippen LogP contribution is -2.41. The molecule has 0 saturated heterocycles.